The molecule has 0 saturated carbocycles. The van der Waals surface area contributed by atoms with E-state index in [-0.39, 0.29) is 23.3 Å². The standard InChI is InChI=1S/C18H27N3O2S/c1-19(2)17(23)15-18(7-5-10-20(15)3)8-11-21(12-9-18)16(22)14-6-4-13-24-14/h4,6,13,15H,5,7-12H2,1-3H3. The highest BCUT2D eigenvalue weighted by Gasteiger charge is 2.49. The van der Waals surface area contributed by atoms with Gasteiger partial charge in [0, 0.05) is 27.2 Å². The maximum Gasteiger partial charge on any atom is 0.263 e. The van der Waals surface area contributed by atoms with Crippen LogP contribution in [0.2, 0.25) is 0 Å². The maximum atomic E-state index is 12.8. The van der Waals surface area contributed by atoms with Gasteiger partial charge in [0.15, 0.2) is 0 Å². The van der Waals surface area contributed by atoms with E-state index in [1.807, 2.05) is 36.5 Å². The number of piperidine rings is 2. The third-order valence-corrected chi connectivity index (χ3v) is 6.52. The molecule has 2 saturated heterocycles. The molecule has 0 N–H and O–H groups in total. The lowest BCUT2D eigenvalue weighted by molar-refractivity contribution is -0.144. The van der Waals surface area contributed by atoms with Crippen molar-refractivity contribution in [3.8, 4) is 0 Å². The van der Waals surface area contributed by atoms with Crippen molar-refractivity contribution in [1.82, 2.24) is 14.7 Å². The Hall–Kier alpha value is -1.40. The SMILES string of the molecule is CN(C)C(=O)C1N(C)CCCC12CCN(C(=O)c1cccs1)CC2. The van der Waals surface area contributed by atoms with Crippen molar-refractivity contribution in [1.29, 1.82) is 0 Å². The van der Waals surface area contributed by atoms with E-state index in [2.05, 4.69) is 11.9 Å². The number of likely N-dealkylation sites (tertiary alicyclic amines) is 2. The van der Waals surface area contributed by atoms with E-state index in [0.29, 0.717) is 0 Å². The molecule has 0 aromatic carbocycles. The zero-order chi connectivity index (χ0) is 17.3. The summed E-state index contributed by atoms with van der Waals surface area (Å²) in [5, 5.41) is 1.94. The molecule has 3 heterocycles. The summed E-state index contributed by atoms with van der Waals surface area (Å²) in [6, 6.07) is 3.76. The number of hydrogen-bond donors (Lipinski definition) is 0. The molecular weight excluding hydrogens is 322 g/mol. The van der Waals surface area contributed by atoms with Crippen LogP contribution in [0.4, 0.5) is 0 Å². The van der Waals surface area contributed by atoms with Crippen LogP contribution < -0.4 is 0 Å². The molecule has 1 unspecified atom stereocenters. The number of rotatable bonds is 2. The van der Waals surface area contributed by atoms with Gasteiger partial charge in [-0.05, 0) is 56.1 Å². The molecule has 24 heavy (non-hydrogen) atoms. The number of carbonyl (C=O) groups excluding carboxylic acids is 2. The van der Waals surface area contributed by atoms with E-state index < -0.39 is 0 Å². The van der Waals surface area contributed by atoms with Gasteiger partial charge in [-0.2, -0.15) is 0 Å². The molecule has 1 aromatic rings. The fraction of sp³-hybridized carbons (Fsp3) is 0.667. The van der Waals surface area contributed by atoms with Gasteiger partial charge in [0.05, 0.1) is 10.9 Å². The molecule has 2 aliphatic heterocycles. The van der Waals surface area contributed by atoms with Gasteiger partial charge in [0.1, 0.15) is 0 Å². The Balaban J connectivity index is 1.74. The third-order valence-electron chi connectivity index (χ3n) is 5.66. The first-order valence-electron chi connectivity index (χ1n) is 8.69. The Kier molecular flexibility index (Phi) is 4.97. The summed E-state index contributed by atoms with van der Waals surface area (Å²) in [5.41, 5.74) is 0.0145. The fourth-order valence-electron chi connectivity index (χ4n) is 4.34. The number of carbonyl (C=O) groups is 2. The summed E-state index contributed by atoms with van der Waals surface area (Å²) in [6.45, 7) is 2.48. The zero-order valence-electron chi connectivity index (χ0n) is 14.8. The average Bonchev–Trinajstić information content (AvgIpc) is 3.09. The molecule has 2 fully saturated rings. The van der Waals surface area contributed by atoms with Crippen molar-refractivity contribution >= 4 is 23.2 Å². The number of likely N-dealkylation sites (N-methyl/N-ethyl adjacent to an activating group) is 2. The lowest BCUT2D eigenvalue weighted by Crippen LogP contribution is -2.61. The van der Waals surface area contributed by atoms with Gasteiger partial charge in [0.25, 0.3) is 5.91 Å². The van der Waals surface area contributed by atoms with Crippen molar-refractivity contribution in [3.63, 3.8) is 0 Å². The number of amides is 2. The molecule has 1 atom stereocenters. The Bertz CT molecular complexity index is 591. The molecule has 1 spiro atoms. The van der Waals surface area contributed by atoms with Crippen LogP contribution >= 0.6 is 11.3 Å². The van der Waals surface area contributed by atoms with Crippen LogP contribution in [0.5, 0.6) is 0 Å². The van der Waals surface area contributed by atoms with Crippen molar-refractivity contribution in [2.75, 3.05) is 40.8 Å². The zero-order valence-corrected chi connectivity index (χ0v) is 15.6. The predicted molar refractivity (Wildman–Crippen MR) is 96.2 cm³/mol. The quantitative estimate of drug-likeness (QED) is 0.822. The van der Waals surface area contributed by atoms with E-state index >= 15 is 0 Å². The third kappa shape index (κ3) is 3.09. The largest absolute Gasteiger partial charge is 0.347 e. The summed E-state index contributed by atoms with van der Waals surface area (Å²) in [7, 11) is 5.75. The molecule has 6 heteroatoms. The summed E-state index contributed by atoms with van der Waals surface area (Å²) in [6.07, 6.45) is 4.05. The van der Waals surface area contributed by atoms with Gasteiger partial charge in [-0.3, -0.25) is 14.5 Å². The van der Waals surface area contributed by atoms with E-state index in [4.69, 9.17) is 0 Å². The number of thiophene rings is 1. The highest BCUT2D eigenvalue weighted by atomic mass is 32.1. The second kappa shape index (κ2) is 6.84. The van der Waals surface area contributed by atoms with Gasteiger partial charge >= 0.3 is 0 Å². The Morgan fingerprint density at radius 1 is 1.21 bits per heavy atom. The van der Waals surface area contributed by atoms with Crippen LogP contribution in [0, 0.1) is 5.41 Å². The topological polar surface area (TPSA) is 43.9 Å². The first-order valence-corrected chi connectivity index (χ1v) is 9.57. The Labute approximate surface area is 148 Å². The second-order valence-corrected chi connectivity index (χ2v) is 8.30. The van der Waals surface area contributed by atoms with E-state index in [0.717, 1.165) is 50.2 Å². The van der Waals surface area contributed by atoms with E-state index in [1.54, 1.807) is 4.90 Å². The smallest absolute Gasteiger partial charge is 0.263 e. The van der Waals surface area contributed by atoms with Crippen molar-refractivity contribution in [2.45, 2.75) is 31.7 Å². The van der Waals surface area contributed by atoms with Gasteiger partial charge in [0.2, 0.25) is 5.91 Å². The molecule has 0 radical (unpaired) electrons. The molecule has 1 aromatic heterocycles. The fourth-order valence-corrected chi connectivity index (χ4v) is 5.03. The molecule has 5 nitrogen and oxygen atoms in total. The van der Waals surface area contributed by atoms with Crippen LogP contribution in [0.25, 0.3) is 0 Å². The number of nitrogens with zero attached hydrogens (tertiary/aromatic N) is 3. The molecule has 132 valence electrons. The van der Waals surface area contributed by atoms with E-state index in [9.17, 15) is 9.59 Å². The van der Waals surface area contributed by atoms with Gasteiger partial charge in [-0.1, -0.05) is 6.07 Å². The summed E-state index contributed by atoms with van der Waals surface area (Å²) in [4.78, 5) is 32.1. The van der Waals surface area contributed by atoms with Crippen LogP contribution in [-0.2, 0) is 4.79 Å². The molecule has 0 bridgehead atoms. The van der Waals surface area contributed by atoms with Crippen molar-refractivity contribution < 1.29 is 9.59 Å². The first kappa shape index (κ1) is 17.4. The summed E-state index contributed by atoms with van der Waals surface area (Å²) in [5.74, 6) is 0.342. The predicted octanol–water partition coefficient (Wildman–Crippen LogP) is 2.15. The van der Waals surface area contributed by atoms with Gasteiger partial charge in [-0.15, -0.1) is 11.3 Å². The molecule has 0 aliphatic carbocycles. The maximum absolute atomic E-state index is 12.8. The second-order valence-electron chi connectivity index (χ2n) is 7.35. The monoisotopic (exact) mass is 349 g/mol. The molecular formula is C18H27N3O2S. The normalized spacial score (nSPS) is 24.1. The Morgan fingerprint density at radius 3 is 2.50 bits per heavy atom. The average molecular weight is 350 g/mol. The van der Waals surface area contributed by atoms with Crippen molar-refractivity contribution in [2.24, 2.45) is 5.41 Å². The minimum absolute atomic E-state index is 0.0145. The Morgan fingerprint density at radius 2 is 1.92 bits per heavy atom. The minimum Gasteiger partial charge on any atom is -0.347 e. The van der Waals surface area contributed by atoms with Crippen LogP contribution in [-0.4, -0.2) is 73.3 Å². The van der Waals surface area contributed by atoms with Gasteiger partial charge < -0.3 is 9.80 Å². The highest BCUT2D eigenvalue weighted by molar-refractivity contribution is 7.12. The minimum atomic E-state index is -0.0553. The van der Waals surface area contributed by atoms with Gasteiger partial charge in [-0.25, -0.2) is 0 Å². The first-order chi connectivity index (χ1) is 11.4. The lowest BCUT2D eigenvalue weighted by atomic mass is 9.66. The molecule has 2 amide bonds. The molecule has 2 aliphatic rings. The number of hydrogen-bond acceptors (Lipinski definition) is 4. The summed E-state index contributed by atoms with van der Waals surface area (Å²) < 4.78 is 0. The van der Waals surface area contributed by atoms with Crippen LogP contribution in [0.1, 0.15) is 35.4 Å². The molecule has 3 rings (SSSR count). The van der Waals surface area contributed by atoms with Crippen molar-refractivity contribution in [3.05, 3.63) is 22.4 Å². The van der Waals surface area contributed by atoms with Crippen LogP contribution in [0.15, 0.2) is 17.5 Å². The summed E-state index contributed by atoms with van der Waals surface area (Å²) >= 11 is 1.50. The van der Waals surface area contributed by atoms with E-state index in [1.165, 1.54) is 11.3 Å². The highest BCUT2D eigenvalue weighted by Crippen LogP contribution is 2.45. The lowest BCUT2D eigenvalue weighted by Gasteiger charge is -2.52. The van der Waals surface area contributed by atoms with Crippen LogP contribution in [0.3, 0.4) is 0 Å².